The SMILES string of the molecule is COc1ccc(C2=N[C@H](c3ccc([N+](=O)[O-])cc3)N=C(c3ccccc3)S2)cc1. The number of rotatable bonds is 5. The predicted octanol–water partition coefficient (Wildman–Crippen LogP) is 5.24. The Labute approximate surface area is 172 Å². The van der Waals surface area contributed by atoms with Crippen molar-refractivity contribution < 1.29 is 9.66 Å². The Bertz CT molecular complexity index is 1080. The fraction of sp³-hybridized carbons (Fsp3) is 0.0909. The van der Waals surface area contributed by atoms with Gasteiger partial charge in [-0.1, -0.05) is 30.3 Å². The van der Waals surface area contributed by atoms with Gasteiger partial charge in [0.2, 0.25) is 0 Å². The molecule has 144 valence electrons. The lowest BCUT2D eigenvalue weighted by atomic mass is 10.1. The molecule has 1 aliphatic heterocycles. The molecule has 0 unspecified atom stereocenters. The fourth-order valence-corrected chi connectivity index (χ4v) is 3.89. The largest absolute Gasteiger partial charge is 0.497 e. The molecule has 7 heteroatoms. The molecule has 0 bridgehead atoms. The Hall–Kier alpha value is -3.45. The number of nitro benzene ring substituents is 1. The number of hydrogen-bond donors (Lipinski definition) is 0. The van der Waals surface area contributed by atoms with Crippen LogP contribution < -0.4 is 4.74 Å². The molecule has 0 saturated heterocycles. The number of nitro groups is 1. The highest BCUT2D eigenvalue weighted by molar-refractivity contribution is 8.27. The van der Waals surface area contributed by atoms with Crippen molar-refractivity contribution in [3.8, 4) is 5.75 Å². The number of aliphatic imine (C=N–C) groups is 2. The molecule has 0 fully saturated rings. The van der Waals surface area contributed by atoms with Crippen LogP contribution >= 0.6 is 11.8 Å². The quantitative estimate of drug-likeness (QED) is 0.431. The number of hydrogen-bond acceptors (Lipinski definition) is 6. The summed E-state index contributed by atoms with van der Waals surface area (Å²) in [7, 11) is 1.63. The van der Waals surface area contributed by atoms with Crippen molar-refractivity contribution in [2.45, 2.75) is 6.17 Å². The van der Waals surface area contributed by atoms with Gasteiger partial charge >= 0.3 is 0 Å². The van der Waals surface area contributed by atoms with Crippen molar-refractivity contribution in [2.75, 3.05) is 7.11 Å². The van der Waals surface area contributed by atoms with E-state index in [1.165, 1.54) is 23.9 Å². The highest BCUT2D eigenvalue weighted by Crippen LogP contribution is 2.33. The van der Waals surface area contributed by atoms with Crippen molar-refractivity contribution in [1.82, 2.24) is 0 Å². The Morgan fingerprint density at radius 2 is 1.45 bits per heavy atom. The molecular formula is C22H17N3O3S. The molecule has 0 spiro atoms. The summed E-state index contributed by atoms with van der Waals surface area (Å²) in [6.45, 7) is 0. The summed E-state index contributed by atoms with van der Waals surface area (Å²) in [5.74, 6) is 0.777. The minimum absolute atomic E-state index is 0.0468. The molecule has 0 saturated carbocycles. The van der Waals surface area contributed by atoms with Crippen molar-refractivity contribution in [3.05, 3.63) is 106 Å². The van der Waals surface area contributed by atoms with Gasteiger partial charge in [-0.25, -0.2) is 9.98 Å². The zero-order chi connectivity index (χ0) is 20.2. The number of non-ortho nitro benzene ring substituents is 1. The van der Waals surface area contributed by atoms with Crippen LogP contribution in [0.15, 0.2) is 88.8 Å². The van der Waals surface area contributed by atoms with Crippen molar-refractivity contribution in [1.29, 1.82) is 0 Å². The molecule has 0 aromatic heterocycles. The molecule has 3 aromatic carbocycles. The zero-order valence-electron chi connectivity index (χ0n) is 15.6. The van der Waals surface area contributed by atoms with E-state index < -0.39 is 11.1 Å². The van der Waals surface area contributed by atoms with E-state index >= 15 is 0 Å². The summed E-state index contributed by atoms with van der Waals surface area (Å²) >= 11 is 1.51. The molecule has 6 nitrogen and oxygen atoms in total. The molecule has 1 heterocycles. The van der Waals surface area contributed by atoms with Crippen molar-refractivity contribution in [2.24, 2.45) is 9.98 Å². The third kappa shape index (κ3) is 4.20. The second kappa shape index (κ2) is 8.28. The lowest BCUT2D eigenvalue weighted by molar-refractivity contribution is -0.384. The summed E-state index contributed by atoms with van der Waals surface area (Å²) in [5, 5.41) is 12.6. The van der Waals surface area contributed by atoms with Crippen LogP contribution in [0.3, 0.4) is 0 Å². The van der Waals surface area contributed by atoms with Crippen molar-refractivity contribution in [3.63, 3.8) is 0 Å². The van der Waals surface area contributed by atoms with Gasteiger partial charge in [0, 0.05) is 23.3 Å². The summed E-state index contributed by atoms with van der Waals surface area (Å²) < 4.78 is 5.24. The molecule has 1 atom stereocenters. The van der Waals surface area contributed by atoms with Crippen LogP contribution in [0.1, 0.15) is 22.9 Å². The summed E-state index contributed by atoms with van der Waals surface area (Å²) in [6.07, 6.45) is -0.468. The average Bonchev–Trinajstić information content (AvgIpc) is 2.79. The van der Waals surface area contributed by atoms with Crippen LogP contribution in [-0.2, 0) is 0 Å². The van der Waals surface area contributed by atoms with Gasteiger partial charge in [-0.2, -0.15) is 0 Å². The zero-order valence-corrected chi connectivity index (χ0v) is 16.4. The van der Waals surface area contributed by atoms with Gasteiger partial charge < -0.3 is 4.74 Å². The van der Waals surface area contributed by atoms with Gasteiger partial charge in [0.25, 0.3) is 5.69 Å². The Morgan fingerprint density at radius 1 is 0.862 bits per heavy atom. The smallest absolute Gasteiger partial charge is 0.269 e. The van der Waals surface area contributed by atoms with Crippen LogP contribution in [0.5, 0.6) is 5.75 Å². The first-order chi connectivity index (χ1) is 14.1. The van der Waals surface area contributed by atoms with Crippen LogP contribution in [0.2, 0.25) is 0 Å². The van der Waals surface area contributed by atoms with E-state index in [4.69, 9.17) is 14.7 Å². The highest BCUT2D eigenvalue weighted by Gasteiger charge is 2.22. The van der Waals surface area contributed by atoms with Crippen LogP contribution in [0, 0.1) is 10.1 Å². The van der Waals surface area contributed by atoms with E-state index in [2.05, 4.69) is 0 Å². The van der Waals surface area contributed by atoms with E-state index in [-0.39, 0.29) is 5.69 Å². The van der Waals surface area contributed by atoms with Crippen LogP contribution in [-0.4, -0.2) is 22.1 Å². The van der Waals surface area contributed by atoms with Gasteiger partial charge in [0.05, 0.1) is 12.0 Å². The second-order valence-corrected chi connectivity index (χ2v) is 7.26. The van der Waals surface area contributed by atoms with Gasteiger partial charge in [0.1, 0.15) is 15.8 Å². The minimum Gasteiger partial charge on any atom is -0.497 e. The number of benzene rings is 3. The molecule has 29 heavy (non-hydrogen) atoms. The van der Waals surface area contributed by atoms with E-state index in [9.17, 15) is 10.1 Å². The number of nitrogens with zero attached hydrogens (tertiary/aromatic N) is 3. The van der Waals surface area contributed by atoms with Crippen molar-refractivity contribution >= 4 is 27.5 Å². The monoisotopic (exact) mass is 403 g/mol. The third-order valence-electron chi connectivity index (χ3n) is 4.43. The Kier molecular flexibility index (Phi) is 5.39. The first kappa shape index (κ1) is 18.9. The molecule has 4 rings (SSSR count). The first-order valence-corrected chi connectivity index (χ1v) is 9.73. The third-order valence-corrected chi connectivity index (χ3v) is 5.50. The van der Waals surface area contributed by atoms with Gasteiger partial charge in [0.15, 0.2) is 6.17 Å². The minimum atomic E-state index is -0.468. The topological polar surface area (TPSA) is 77.1 Å². The molecule has 3 aromatic rings. The number of methoxy groups -OCH3 is 1. The maximum absolute atomic E-state index is 11.0. The maximum Gasteiger partial charge on any atom is 0.269 e. The van der Waals surface area contributed by atoms with E-state index in [0.29, 0.717) is 0 Å². The molecular weight excluding hydrogens is 386 g/mol. The van der Waals surface area contributed by atoms with Gasteiger partial charge in [-0.05, 0) is 53.7 Å². The predicted molar refractivity (Wildman–Crippen MR) is 116 cm³/mol. The first-order valence-electron chi connectivity index (χ1n) is 8.92. The Morgan fingerprint density at radius 3 is 2.00 bits per heavy atom. The standard InChI is InChI=1S/C22H17N3O3S/c1-28-19-13-9-17(10-14-19)22-24-20(15-7-11-18(12-8-15)25(26)27)23-21(29-22)16-5-3-2-4-6-16/h2-14,20H,1H3/t20-/m1/s1. The van der Waals surface area contributed by atoms with E-state index in [0.717, 1.165) is 32.5 Å². The van der Waals surface area contributed by atoms with E-state index in [1.54, 1.807) is 19.2 Å². The fourth-order valence-electron chi connectivity index (χ4n) is 2.89. The van der Waals surface area contributed by atoms with Crippen LogP contribution in [0.4, 0.5) is 5.69 Å². The summed E-state index contributed by atoms with van der Waals surface area (Å²) in [5.41, 5.74) is 2.82. The van der Waals surface area contributed by atoms with Gasteiger partial charge in [-0.3, -0.25) is 10.1 Å². The molecule has 0 N–H and O–H groups in total. The molecule has 0 amide bonds. The maximum atomic E-state index is 11.0. The normalized spacial score (nSPS) is 16.0. The number of ether oxygens (including phenoxy) is 1. The molecule has 0 radical (unpaired) electrons. The number of thioether (sulfide) groups is 1. The molecule has 0 aliphatic carbocycles. The highest BCUT2D eigenvalue weighted by atomic mass is 32.2. The lowest BCUT2D eigenvalue weighted by Crippen LogP contribution is -2.12. The summed E-state index contributed by atoms with van der Waals surface area (Å²) in [6, 6.07) is 24.0. The van der Waals surface area contributed by atoms with Gasteiger partial charge in [-0.15, -0.1) is 0 Å². The van der Waals surface area contributed by atoms with Crippen LogP contribution in [0.25, 0.3) is 0 Å². The Balaban J connectivity index is 1.74. The average molecular weight is 403 g/mol. The lowest BCUT2D eigenvalue weighted by Gasteiger charge is -2.20. The second-order valence-electron chi connectivity index (χ2n) is 6.29. The summed E-state index contributed by atoms with van der Waals surface area (Å²) in [4.78, 5) is 20.2. The van der Waals surface area contributed by atoms with E-state index in [1.807, 2.05) is 54.6 Å². The molecule has 1 aliphatic rings.